The molecule has 2 aliphatic carbocycles. The lowest BCUT2D eigenvalue weighted by Crippen LogP contribution is -2.49. The van der Waals surface area contributed by atoms with Gasteiger partial charge < -0.3 is 25.1 Å². The number of hydrogen-bond acceptors (Lipinski definition) is 5. The monoisotopic (exact) mass is 552 g/mol. The molecule has 220 valence electrons. The Kier molecular flexibility index (Phi) is 11.3. The van der Waals surface area contributed by atoms with Gasteiger partial charge >= 0.3 is 0 Å². The maximum Gasteiger partial charge on any atom is 0.254 e. The fourth-order valence-corrected chi connectivity index (χ4v) is 5.94. The molecule has 0 aliphatic heterocycles. The first kappa shape index (κ1) is 31.8. The Balaban J connectivity index is 1.69. The van der Waals surface area contributed by atoms with Gasteiger partial charge in [0.05, 0.1) is 19.3 Å². The van der Waals surface area contributed by atoms with Gasteiger partial charge in [0.15, 0.2) is 0 Å². The van der Waals surface area contributed by atoms with E-state index < -0.39 is 11.6 Å². The van der Waals surface area contributed by atoms with E-state index in [2.05, 4.69) is 6.92 Å². The van der Waals surface area contributed by atoms with Crippen LogP contribution in [0.5, 0.6) is 0 Å². The summed E-state index contributed by atoms with van der Waals surface area (Å²) < 4.78 is 0. The average molecular weight is 553 g/mol. The largest absolute Gasteiger partial charge is 0.395 e. The smallest absolute Gasteiger partial charge is 0.254 e. The molecular formula is C33H48N2O5. The van der Waals surface area contributed by atoms with Gasteiger partial charge in [-0.25, -0.2) is 0 Å². The van der Waals surface area contributed by atoms with Crippen LogP contribution in [-0.2, 0) is 11.2 Å². The van der Waals surface area contributed by atoms with Crippen molar-refractivity contribution in [1.29, 1.82) is 0 Å². The fraction of sp³-hybridized carbons (Fsp3) is 0.576. The molecule has 1 aromatic carbocycles. The molecule has 2 aliphatic rings. The molecule has 7 heteroatoms. The first-order valence-electron chi connectivity index (χ1n) is 14.7. The molecule has 0 spiro atoms. The number of nitrogens with zero attached hydrogens (tertiary/aromatic N) is 2. The minimum absolute atomic E-state index is 0.0289. The lowest BCUT2D eigenvalue weighted by Gasteiger charge is -2.39. The molecule has 0 heterocycles. The molecule has 0 radical (unpaired) electrons. The molecular weight excluding hydrogens is 504 g/mol. The number of rotatable bonds is 12. The van der Waals surface area contributed by atoms with Gasteiger partial charge in [0.2, 0.25) is 0 Å². The average Bonchev–Trinajstić information content (AvgIpc) is 3.21. The standard InChI is InChI=1S/C33H48N2O5/c1-32(2,3)34(19-21-36)30(39)27-13-6-5-11-25(23-27)15-16-28(38)24-26-12-7-8-14-29(26)31(40)35(20-22-37)33(4)17-9-10-18-33/h5-8,11-14,23,25,28,36-38H,9-10,15-22,24H2,1-4H3. The summed E-state index contributed by atoms with van der Waals surface area (Å²) >= 11 is 0. The van der Waals surface area contributed by atoms with Crippen LogP contribution in [0.4, 0.5) is 0 Å². The second-order valence-corrected chi connectivity index (χ2v) is 12.4. The zero-order valence-corrected chi connectivity index (χ0v) is 24.7. The van der Waals surface area contributed by atoms with Crippen LogP contribution in [0.15, 0.2) is 60.2 Å². The van der Waals surface area contributed by atoms with Crippen LogP contribution in [-0.4, -0.2) is 80.4 Å². The number of carbonyl (C=O) groups excluding carboxylic acids is 2. The lowest BCUT2D eigenvalue weighted by atomic mass is 9.92. The van der Waals surface area contributed by atoms with Crippen molar-refractivity contribution in [3.63, 3.8) is 0 Å². The molecule has 7 nitrogen and oxygen atoms in total. The highest BCUT2D eigenvalue weighted by Crippen LogP contribution is 2.36. The highest BCUT2D eigenvalue weighted by atomic mass is 16.3. The molecule has 1 saturated carbocycles. The fourth-order valence-electron chi connectivity index (χ4n) is 5.94. The maximum atomic E-state index is 13.7. The summed E-state index contributed by atoms with van der Waals surface area (Å²) in [5.74, 6) is -0.238. The second-order valence-electron chi connectivity index (χ2n) is 12.4. The van der Waals surface area contributed by atoms with Crippen molar-refractivity contribution in [3.05, 3.63) is 71.3 Å². The quantitative estimate of drug-likeness (QED) is 0.356. The molecule has 2 amide bonds. The number of aliphatic hydroxyl groups excluding tert-OH is 3. The summed E-state index contributed by atoms with van der Waals surface area (Å²) in [5, 5.41) is 30.2. The van der Waals surface area contributed by atoms with E-state index in [4.69, 9.17) is 0 Å². The minimum Gasteiger partial charge on any atom is -0.395 e. The van der Waals surface area contributed by atoms with Gasteiger partial charge in [-0.15, -0.1) is 0 Å². The number of aliphatic hydroxyl groups is 3. The van der Waals surface area contributed by atoms with Crippen LogP contribution in [0.3, 0.4) is 0 Å². The van der Waals surface area contributed by atoms with Crippen molar-refractivity contribution in [2.75, 3.05) is 26.3 Å². The number of allylic oxidation sites excluding steroid dienone is 4. The van der Waals surface area contributed by atoms with Gasteiger partial charge in [-0.3, -0.25) is 9.59 Å². The summed E-state index contributed by atoms with van der Waals surface area (Å²) in [5.41, 5.74) is 1.28. The molecule has 3 rings (SSSR count). The molecule has 2 unspecified atom stereocenters. The third-order valence-electron chi connectivity index (χ3n) is 8.20. The van der Waals surface area contributed by atoms with Crippen LogP contribution in [0, 0.1) is 5.92 Å². The number of carbonyl (C=O) groups is 2. The number of benzene rings is 1. The molecule has 40 heavy (non-hydrogen) atoms. The Hall–Kier alpha value is -2.74. The predicted octanol–water partition coefficient (Wildman–Crippen LogP) is 4.43. The van der Waals surface area contributed by atoms with Crippen LogP contribution in [0.1, 0.15) is 82.1 Å². The third kappa shape index (κ3) is 8.15. The zero-order chi connectivity index (χ0) is 29.3. The molecule has 0 saturated heterocycles. The predicted molar refractivity (Wildman–Crippen MR) is 159 cm³/mol. The maximum absolute atomic E-state index is 13.7. The SMILES string of the molecule is CC(C)(C)N(CCO)C(=O)C1=CC(CCC(O)Cc2ccccc2C(=O)N(CCO)C2(C)CCCC2)C=CC=C1. The third-order valence-corrected chi connectivity index (χ3v) is 8.20. The van der Waals surface area contributed by atoms with Crippen molar-refractivity contribution in [3.8, 4) is 0 Å². The Morgan fingerprint density at radius 1 is 1.02 bits per heavy atom. The van der Waals surface area contributed by atoms with Gasteiger partial charge in [-0.05, 0) is 83.4 Å². The normalized spacial score (nSPS) is 19.2. The van der Waals surface area contributed by atoms with Crippen LogP contribution in [0.25, 0.3) is 0 Å². The van der Waals surface area contributed by atoms with E-state index >= 15 is 0 Å². The summed E-state index contributed by atoms with van der Waals surface area (Å²) in [6, 6.07) is 7.46. The van der Waals surface area contributed by atoms with E-state index in [1.807, 2.05) is 74.2 Å². The topological polar surface area (TPSA) is 101 Å². The van der Waals surface area contributed by atoms with Gasteiger partial charge in [-0.1, -0.05) is 55.3 Å². The Bertz CT molecular complexity index is 1090. The van der Waals surface area contributed by atoms with Crippen molar-refractivity contribution in [1.82, 2.24) is 9.80 Å². The Morgan fingerprint density at radius 3 is 2.35 bits per heavy atom. The molecule has 1 aromatic rings. The summed E-state index contributed by atoms with van der Waals surface area (Å²) in [4.78, 5) is 30.5. The zero-order valence-electron chi connectivity index (χ0n) is 24.7. The van der Waals surface area contributed by atoms with Gasteiger partial charge in [-0.2, -0.15) is 0 Å². The van der Waals surface area contributed by atoms with E-state index in [-0.39, 0.29) is 43.0 Å². The van der Waals surface area contributed by atoms with Crippen molar-refractivity contribution in [2.45, 2.75) is 89.8 Å². The van der Waals surface area contributed by atoms with E-state index in [9.17, 15) is 24.9 Å². The van der Waals surface area contributed by atoms with Crippen LogP contribution < -0.4 is 0 Å². The highest BCUT2D eigenvalue weighted by molar-refractivity contribution is 5.97. The summed E-state index contributed by atoms with van der Waals surface area (Å²) in [6.45, 7) is 8.34. The Morgan fingerprint density at radius 2 is 1.70 bits per heavy atom. The lowest BCUT2D eigenvalue weighted by molar-refractivity contribution is -0.132. The van der Waals surface area contributed by atoms with E-state index in [1.165, 1.54) is 0 Å². The molecule has 1 fully saturated rings. The van der Waals surface area contributed by atoms with Crippen LogP contribution in [0.2, 0.25) is 0 Å². The number of β-amino-alcohol motifs (C(OH)–C–C–N with tert-alkyl or cyclic N) is 2. The highest BCUT2D eigenvalue weighted by Gasteiger charge is 2.38. The minimum atomic E-state index is -0.653. The Labute approximate surface area is 239 Å². The molecule has 0 aromatic heterocycles. The summed E-state index contributed by atoms with van der Waals surface area (Å²) in [6.07, 6.45) is 14.4. The number of hydrogen-bond donors (Lipinski definition) is 3. The summed E-state index contributed by atoms with van der Waals surface area (Å²) in [7, 11) is 0. The van der Waals surface area contributed by atoms with Crippen LogP contribution >= 0.6 is 0 Å². The molecule has 0 bridgehead atoms. The van der Waals surface area contributed by atoms with Crippen molar-refractivity contribution < 1.29 is 24.9 Å². The van der Waals surface area contributed by atoms with Crippen molar-refractivity contribution in [2.24, 2.45) is 5.92 Å². The van der Waals surface area contributed by atoms with Gasteiger partial charge in [0.25, 0.3) is 11.8 Å². The molecule has 3 N–H and O–H groups in total. The van der Waals surface area contributed by atoms with E-state index in [0.29, 0.717) is 36.9 Å². The van der Waals surface area contributed by atoms with E-state index in [0.717, 1.165) is 31.2 Å². The first-order valence-corrected chi connectivity index (χ1v) is 14.7. The second kappa shape index (κ2) is 14.2. The van der Waals surface area contributed by atoms with E-state index in [1.54, 1.807) is 11.0 Å². The van der Waals surface area contributed by atoms with Gasteiger partial charge in [0.1, 0.15) is 0 Å². The molecule has 2 atom stereocenters. The first-order chi connectivity index (χ1) is 19.0. The van der Waals surface area contributed by atoms with Gasteiger partial charge in [0, 0.05) is 35.3 Å². The number of amides is 2. The van der Waals surface area contributed by atoms with Crippen molar-refractivity contribution >= 4 is 11.8 Å².